The molecular formula is C26H27N3O5S. The van der Waals surface area contributed by atoms with E-state index in [1.165, 1.54) is 18.3 Å². The molecule has 0 aliphatic carbocycles. The molecule has 0 bridgehead atoms. The minimum absolute atomic E-state index is 0.0816. The summed E-state index contributed by atoms with van der Waals surface area (Å²) in [7, 11) is -3.88. The molecule has 0 aliphatic rings. The summed E-state index contributed by atoms with van der Waals surface area (Å²) >= 11 is 0. The first-order valence-corrected chi connectivity index (χ1v) is 12.4. The van der Waals surface area contributed by atoms with Crippen molar-refractivity contribution in [2.45, 2.75) is 31.7 Å². The lowest BCUT2D eigenvalue weighted by Crippen LogP contribution is -2.48. The number of nitrogens with one attached hydrogen (secondary N) is 2. The number of carbonyl (C=O) groups is 2. The Morgan fingerprint density at radius 2 is 1.54 bits per heavy atom. The molecule has 1 amide bonds. The van der Waals surface area contributed by atoms with Crippen LogP contribution in [0.5, 0.6) is 5.75 Å². The summed E-state index contributed by atoms with van der Waals surface area (Å²) in [6.45, 7) is 5.33. The van der Waals surface area contributed by atoms with E-state index in [2.05, 4.69) is 15.2 Å². The topological polar surface area (TPSA) is 114 Å². The quantitative estimate of drug-likeness (QED) is 0.204. The highest BCUT2D eigenvalue weighted by Crippen LogP contribution is 2.15. The standard InChI is InChI=1S/C26H27N3O5S/c1-18(2)24(29-35(32,33)23-15-9-19(3)10-16-23)25(30)28-27-17-20-11-13-22(14-12-20)34-26(31)21-7-5-4-6-8-21/h4-18,24,29H,1-3H3,(H,28,30)/b27-17-/t24-/m1/s1. The van der Waals surface area contributed by atoms with E-state index >= 15 is 0 Å². The Balaban J connectivity index is 1.59. The molecule has 0 heterocycles. The lowest BCUT2D eigenvalue weighted by atomic mass is 10.1. The summed E-state index contributed by atoms with van der Waals surface area (Å²) in [5.41, 5.74) is 4.40. The Morgan fingerprint density at radius 1 is 0.914 bits per heavy atom. The highest BCUT2D eigenvalue weighted by Gasteiger charge is 2.28. The number of nitrogens with zero attached hydrogens (tertiary/aromatic N) is 1. The minimum atomic E-state index is -3.88. The summed E-state index contributed by atoms with van der Waals surface area (Å²) in [6.07, 6.45) is 1.41. The predicted octanol–water partition coefficient (Wildman–Crippen LogP) is 3.67. The molecule has 1 atom stereocenters. The van der Waals surface area contributed by atoms with Crippen LogP contribution < -0.4 is 14.9 Å². The first-order valence-electron chi connectivity index (χ1n) is 10.9. The van der Waals surface area contributed by atoms with Crippen molar-refractivity contribution in [2.75, 3.05) is 0 Å². The maximum Gasteiger partial charge on any atom is 0.343 e. The van der Waals surface area contributed by atoms with Gasteiger partial charge in [-0.15, -0.1) is 0 Å². The second-order valence-electron chi connectivity index (χ2n) is 8.21. The zero-order chi connectivity index (χ0) is 25.4. The summed E-state index contributed by atoms with van der Waals surface area (Å²) in [6, 6.07) is 20.6. The van der Waals surface area contributed by atoms with Crippen molar-refractivity contribution in [2.24, 2.45) is 11.0 Å². The van der Waals surface area contributed by atoms with Crippen molar-refractivity contribution < 1.29 is 22.7 Å². The molecular weight excluding hydrogens is 466 g/mol. The fourth-order valence-corrected chi connectivity index (χ4v) is 4.39. The maximum atomic E-state index is 12.7. The zero-order valence-corrected chi connectivity index (χ0v) is 20.5. The number of esters is 1. The van der Waals surface area contributed by atoms with Gasteiger partial charge >= 0.3 is 5.97 Å². The van der Waals surface area contributed by atoms with E-state index in [0.29, 0.717) is 16.9 Å². The Labute approximate surface area is 205 Å². The van der Waals surface area contributed by atoms with Gasteiger partial charge in [-0.1, -0.05) is 49.7 Å². The molecule has 3 aromatic rings. The molecule has 8 nitrogen and oxygen atoms in total. The molecule has 35 heavy (non-hydrogen) atoms. The van der Waals surface area contributed by atoms with Crippen LogP contribution in [0.15, 0.2) is 88.9 Å². The molecule has 182 valence electrons. The predicted molar refractivity (Wildman–Crippen MR) is 134 cm³/mol. The number of sulfonamides is 1. The van der Waals surface area contributed by atoms with Gasteiger partial charge in [-0.2, -0.15) is 9.82 Å². The first kappa shape index (κ1) is 25.8. The number of aryl methyl sites for hydroxylation is 1. The Bertz CT molecular complexity index is 1290. The molecule has 0 saturated carbocycles. The van der Waals surface area contributed by atoms with E-state index in [1.54, 1.807) is 74.5 Å². The fourth-order valence-electron chi connectivity index (χ4n) is 3.05. The smallest absolute Gasteiger partial charge is 0.343 e. The molecule has 0 radical (unpaired) electrons. The van der Waals surface area contributed by atoms with Crippen molar-refractivity contribution in [3.05, 3.63) is 95.6 Å². The van der Waals surface area contributed by atoms with Gasteiger partial charge in [0.05, 0.1) is 16.7 Å². The molecule has 0 aliphatic heterocycles. The Morgan fingerprint density at radius 3 is 2.14 bits per heavy atom. The average Bonchev–Trinajstić information content (AvgIpc) is 2.84. The Hall–Kier alpha value is -3.82. The van der Waals surface area contributed by atoms with Gasteiger partial charge in [0.1, 0.15) is 11.8 Å². The Kier molecular flexibility index (Phi) is 8.51. The van der Waals surface area contributed by atoms with Gasteiger partial charge in [0.15, 0.2) is 0 Å². The molecule has 2 N–H and O–H groups in total. The molecule has 3 rings (SSSR count). The van der Waals surface area contributed by atoms with E-state index in [4.69, 9.17) is 4.74 Å². The molecule has 9 heteroatoms. The van der Waals surface area contributed by atoms with Gasteiger partial charge in [-0.3, -0.25) is 4.79 Å². The van der Waals surface area contributed by atoms with Crippen molar-refractivity contribution in [3.63, 3.8) is 0 Å². The lowest BCUT2D eigenvalue weighted by molar-refractivity contribution is -0.123. The molecule has 0 spiro atoms. The summed E-state index contributed by atoms with van der Waals surface area (Å²) in [4.78, 5) is 24.8. The highest BCUT2D eigenvalue weighted by atomic mass is 32.2. The third-order valence-corrected chi connectivity index (χ3v) is 6.51. The van der Waals surface area contributed by atoms with Crippen molar-refractivity contribution in [1.82, 2.24) is 10.1 Å². The van der Waals surface area contributed by atoms with Crippen molar-refractivity contribution >= 4 is 28.1 Å². The zero-order valence-electron chi connectivity index (χ0n) is 19.6. The van der Waals surface area contributed by atoms with Crippen molar-refractivity contribution in [1.29, 1.82) is 0 Å². The number of hydrogen-bond donors (Lipinski definition) is 2. The number of amides is 1. The van der Waals surface area contributed by atoms with Crippen LogP contribution in [0.4, 0.5) is 0 Å². The van der Waals surface area contributed by atoms with E-state index < -0.39 is 27.9 Å². The van der Waals surface area contributed by atoms with Gasteiger partial charge in [0.25, 0.3) is 5.91 Å². The van der Waals surface area contributed by atoms with E-state index in [-0.39, 0.29) is 10.8 Å². The SMILES string of the molecule is Cc1ccc(S(=O)(=O)N[C@@H](C(=O)N/N=C\c2ccc(OC(=O)c3ccccc3)cc2)C(C)C)cc1. The molecule has 0 aromatic heterocycles. The molecule has 0 saturated heterocycles. The van der Waals surface area contributed by atoms with Gasteiger partial charge in [0, 0.05) is 0 Å². The molecule has 3 aromatic carbocycles. The van der Waals surface area contributed by atoms with Gasteiger partial charge in [-0.05, 0) is 66.9 Å². The van der Waals surface area contributed by atoms with Gasteiger partial charge in [0.2, 0.25) is 10.0 Å². The maximum absolute atomic E-state index is 12.7. The number of carbonyl (C=O) groups excluding carboxylic acids is 2. The number of rotatable bonds is 9. The van der Waals surface area contributed by atoms with E-state index in [0.717, 1.165) is 5.56 Å². The van der Waals surface area contributed by atoms with E-state index in [9.17, 15) is 18.0 Å². The first-order chi connectivity index (χ1) is 16.7. The van der Waals surface area contributed by atoms with Crippen LogP contribution in [0.3, 0.4) is 0 Å². The van der Waals surface area contributed by atoms with Crippen LogP contribution in [0.25, 0.3) is 0 Å². The normalized spacial score (nSPS) is 12.5. The summed E-state index contributed by atoms with van der Waals surface area (Å²) < 4.78 is 33.2. The lowest BCUT2D eigenvalue weighted by Gasteiger charge is -2.20. The highest BCUT2D eigenvalue weighted by molar-refractivity contribution is 7.89. The van der Waals surface area contributed by atoms with E-state index in [1.807, 2.05) is 13.0 Å². The summed E-state index contributed by atoms with van der Waals surface area (Å²) in [5.74, 6) is -0.998. The number of hydrogen-bond acceptors (Lipinski definition) is 6. The average molecular weight is 494 g/mol. The summed E-state index contributed by atoms with van der Waals surface area (Å²) in [5, 5.41) is 3.93. The van der Waals surface area contributed by atoms with Crippen LogP contribution in [-0.4, -0.2) is 32.6 Å². The fraction of sp³-hybridized carbons (Fsp3) is 0.192. The second kappa shape index (κ2) is 11.5. The van der Waals surface area contributed by atoms with Crippen LogP contribution in [-0.2, 0) is 14.8 Å². The van der Waals surface area contributed by atoms with Crippen molar-refractivity contribution in [3.8, 4) is 5.75 Å². The largest absolute Gasteiger partial charge is 0.423 e. The number of benzene rings is 3. The molecule has 0 unspecified atom stereocenters. The van der Waals surface area contributed by atoms with Crippen LogP contribution >= 0.6 is 0 Å². The van der Waals surface area contributed by atoms with Crippen LogP contribution in [0, 0.1) is 12.8 Å². The molecule has 0 fully saturated rings. The minimum Gasteiger partial charge on any atom is -0.423 e. The monoisotopic (exact) mass is 493 g/mol. The van der Waals surface area contributed by atoms with Gasteiger partial charge in [-0.25, -0.2) is 18.6 Å². The second-order valence-corrected chi connectivity index (χ2v) is 9.93. The third-order valence-electron chi connectivity index (χ3n) is 5.05. The van der Waals surface area contributed by atoms with Gasteiger partial charge < -0.3 is 4.74 Å². The number of ether oxygens (including phenoxy) is 1. The van der Waals surface area contributed by atoms with Crippen LogP contribution in [0.1, 0.15) is 35.3 Å². The number of hydrazone groups is 1. The third kappa shape index (κ3) is 7.33. The van der Waals surface area contributed by atoms with Crippen LogP contribution in [0.2, 0.25) is 0 Å².